The normalized spacial score (nSPS) is 15.7. The number of nitrogens with zero attached hydrogens (tertiary/aromatic N) is 5. The molecule has 1 aliphatic heterocycles. The summed E-state index contributed by atoms with van der Waals surface area (Å²) in [4.78, 5) is 35.8. The molecular weight excluding hydrogens is 408 g/mol. The fraction of sp³-hybridized carbons (Fsp3) is 0.174. The summed E-state index contributed by atoms with van der Waals surface area (Å²) in [6.45, 7) is 0.490. The van der Waals surface area contributed by atoms with Gasteiger partial charge in [0, 0.05) is 18.6 Å². The smallest absolute Gasteiger partial charge is 0.291 e. The molecule has 0 saturated heterocycles. The molecule has 0 spiro atoms. The molecule has 4 aromatic rings. The highest BCUT2D eigenvalue weighted by Gasteiger charge is 2.32. The van der Waals surface area contributed by atoms with Crippen molar-refractivity contribution in [1.82, 2.24) is 25.1 Å². The molecule has 160 valence electrons. The first-order valence-corrected chi connectivity index (χ1v) is 10.1. The van der Waals surface area contributed by atoms with Gasteiger partial charge in [0.15, 0.2) is 0 Å². The summed E-state index contributed by atoms with van der Waals surface area (Å²) in [6.07, 6.45) is 3.19. The van der Waals surface area contributed by atoms with Crippen molar-refractivity contribution >= 4 is 28.4 Å². The van der Waals surface area contributed by atoms with Crippen molar-refractivity contribution < 1.29 is 14.3 Å². The predicted octanol–water partition coefficient (Wildman–Crippen LogP) is 2.03. The number of likely N-dealkylation sites (N-methyl/N-ethyl adjacent to an activating group) is 1. The summed E-state index contributed by atoms with van der Waals surface area (Å²) in [5.41, 5.74) is 2.42. The van der Waals surface area contributed by atoms with Crippen molar-refractivity contribution in [3.05, 3.63) is 78.5 Å². The Bertz CT molecular complexity index is 1300. The molecule has 0 bridgehead atoms. The van der Waals surface area contributed by atoms with E-state index in [9.17, 15) is 9.59 Å². The SMILES string of the molecule is CN1C(=O)C(NC(=O)c2ncn(Cc3ccccc3)n2)COc2ccc3ncccc3c21. The Morgan fingerprint density at radius 3 is 2.81 bits per heavy atom. The summed E-state index contributed by atoms with van der Waals surface area (Å²) in [5, 5.41) is 7.74. The Morgan fingerprint density at radius 1 is 1.12 bits per heavy atom. The van der Waals surface area contributed by atoms with Crippen LogP contribution in [-0.2, 0) is 11.3 Å². The first-order chi connectivity index (χ1) is 15.6. The van der Waals surface area contributed by atoms with Gasteiger partial charge >= 0.3 is 0 Å². The number of carbonyl (C=O) groups excluding carboxylic acids is 2. The average molecular weight is 428 g/mol. The van der Waals surface area contributed by atoms with Gasteiger partial charge in [0.2, 0.25) is 5.82 Å². The third-order valence-corrected chi connectivity index (χ3v) is 5.32. The van der Waals surface area contributed by atoms with Crippen molar-refractivity contribution in [2.75, 3.05) is 18.6 Å². The van der Waals surface area contributed by atoms with Gasteiger partial charge in [-0.3, -0.25) is 14.6 Å². The van der Waals surface area contributed by atoms with Gasteiger partial charge in [-0.2, -0.15) is 0 Å². The van der Waals surface area contributed by atoms with E-state index < -0.39 is 11.9 Å². The highest BCUT2D eigenvalue weighted by molar-refractivity contribution is 6.08. The predicted molar refractivity (Wildman–Crippen MR) is 117 cm³/mol. The molecule has 1 aliphatic rings. The third kappa shape index (κ3) is 3.64. The molecule has 0 saturated carbocycles. The van der Waals surface area contributed by atoms with Crippen LogP contribution in [0.25, 0.3) is 10.9 Å². The standard InChI is InChI=1S/C23H20N6O3/c1-28-20-16-8-5-11-24-17(16)9-10-19(20)32-13-18(23(28)31)26-22(30)21-25-14-29(27-21)12-15-6-3-2-4-7-15/h2-11,14,18H,12-13H2,1H3,(H,26,30). The number of aromatic nitrogens is 4. The second-order valence-corrected chi connectivity index (χ2v) is 7.47. The van der Waals surface area contributed by atoms with Crippen molar-refractivity contribution in [3.63, 3.8) is 0 Å². The average Bonchev–Trinajstić information content (AvgIpc) is 3.25. The summed E-state index contributed by atoms with van der Waals surface area (Å²) in [7, 11) is 1.66. The fourth-order valence-electron chi connectivity index (χ4n) is 3.74. The van der Waals surface area contributed by atoms with E-state index in [1.165, 1.54) is 11.2 Å². The first-order valence-electron chi connectivity index (χ1n) is 10.1. The van der Waals surface area contributed by atoms with Crippen molar-refractivity contribution in [2.24, 2.45) is 0 Å². The van der Waals surface area contributed by atoms with Crippen LogP contribution in [-0.4, -0.2) is 51.3 Å². The lowest BCUT2D eigenvalue weighted by Gasteiger charge is -2.21. The van der Waals surface area contributed by atoms with Crippen LogP contribution in [0.3, 0.4) is 0 Å². The van der Waals surface area contributed by atoms with Gasteiger partial charge in [-0.15, -0.1) is 5.10 Å². The van der Waals surface area contributed by atoms with E-state index in [-0.39, 0.29) is 18.3 Å². The molecule has 3 heterocycles. The lowest BCUT2D eigenvalue weighted by atomic mass is 10.1. The lowest BCUT2D eigenvalue weighted by Crippen LogP contribution is -2.49. The molecule has 2 aromatic carbocycles. The second kappa shape index (κ2) is 8.10. The summed E-state index contributed by atoms with van der Waals surface area (Å²) >= 11 is 0. The molecule has 1 unspecified atom stereocenters. The number of carbonyl (C=O) groups is 2. The topological polar surface area (TPSA) is 102 Å². The zero-order valence-corrected chi connectivity index (χ0v) is 17.3. The number of nitrogens with one attached hydrogen (secondary N) is 1. The number of pyridine rings is 1. The zero-order chi connectivity index (χ0) is 22.1. The number of hydrogen-bond acceptors (Lipinski definition) is 6. The molecule has 0 fully saturated rings. The van der Waals surface area contributed by atoms with E-state index in [0.29, 0.717) is 18.0 Å². The quantitative estimate of drug-likeness (QED) is 0.534. The van der Waals surface area contributed by atoms with Gasteiger partial charge in [-0.1, -0.05) is 30.3 Å². The summed E-state index contributed by atoms with van der Waals surface area (Å²) < 4.78 is 7.46. The fourth-order valence-corrected chi connectivity index (χ4v) is 3.74. The van der Waals surface area contributed by atoms with Crippen LogP contribution in [0.15, 0.2) is 67.1 Å². The van der Waals surface area contributed by atoms with E-state index in [1.807, 2.05) is 48.5 Å². The lowest BCUT2D eigenvalue weighted by molar-refractivity contribution is -0.120. The van der Waals surface area contributed by atoms with Crippen molar-refractivity contribution in [3.8, 4) is 5.75 Å². The minimum atomic E-state index is -0.882. The molecule has 9 heteroatoms. The molecule has 2 amide bonds. The second-order valence-electron chi connectivity index (χ2n) is 7.47. The number of benzene rings is 2. The number of anilines is 1. The highest BCUT2D eigenvalue weighted by atomic mass is 16.5. The van der Waals surface area contributed by atoms with E-state index >= 15 is 0 Å². The zero-order valence-electron chi connectivity index (χ0n) is 17.3. The van der Waals surface area contributed by atoms with Crippen LogP contribution in [0.1, 0.15) is 16.2 Å². The monoisotopic (exact) mass is 428 g/mol. The van der Waals surface area contributed by atoms with Gasteiger partial charge in [-0.05, 0) is 29.8 Å². The van der Waals surface area contributed by atoms with Gasteiger partial charge in [0.05, 0.1) is 17.7 Å². The highest BCUT2D eigenvalue weighted by Crippen LogP contribution is 2.37. The molecule has 32 heavy (non-hydrogen) atoms. The first kappa shape index (κ1) is 19.7. The third-order valence-electron chi connectivity index (χ3n) is 5.32. The molecule has 1 N–H and O–H groups in total. The van der Waals surface area contributed by atoms with E-state index in [0.717, 1.165) is 16.5 Å². The summed E-state index contributed by atoms with van der Waals surface area (Å²) in [6, 6.07) is 16.2. The number of ether oxygens (including phenoxy) is 1. The van der Waals surface area contributed by atoms with E-state index in [2.05, 4.69) is 20.4 Å². The number of hydrogen-bond donors (Lipinski definition) is 1. The Morgan fingerprint density at radius 2 is 1.97 bits per heavy atom. The number of fused-ring (bicyclic) bond motifs is 3. The molecular formula is C23H20N6O3. The van der Waals surface area contributed by atoms with Gasteiger partial charge in [-0.25, -0.2) is 9.67 Å². The van der Waals surface area contributed by atoms with Crippen LogP contribution in [0.4, 0.5) is 5.69 Å². The van der Waals surface area contributed by atoms with Crippen molar-refractivity contribution in [1.29, 1.82) is 0 Å². The van der Waals surface area contributed by atoms with Crippen LogP contribution in [0, 0.1) is 0 Å². The largest absolute Gasteiger partial charge is 0.489 e. The Balaban J connectivity index is 1.33. The minimum Gasteiger partial charge on any atom is -0.489 e. The van der Waals surface area contributed by atoms with Crippen LogP contribution in [0.2, 0.25) is 0 Å². The Labute approximate surface area is 183 Å². The van der Waals surface area contributed by atoms with Crippen molar-refractivity contribution in [2.45, 2.75) is 12.6 Å². The molecule has 1 atom stereocenters. The maximum absolute atomic E-state index is 13.1. The van der Waals surface area contributed by atoms with Crippen LogP contribution >= 0.6 is 0 Å². The summed E-state index contributed by atoms with van der Waals surface area (Å²) in [5.74, 6) is -0.280. The molecule has 2 aromatic heterocycles. The molecule has 0 aliphatic carbocycles. The Hall–Kier alpha value is -4.27. The molecule has 0 radical (unpaired) electrons. The van der Waals surface area contributed by atoms with E-state index in [1.54, 1.807) is 24.0 Å². The molecule has 9 nitrogen and oxygen atoms in total. The molecule has 5 rings (SSSR count). The minimum absolute atomic E-state index is 0.00158. The van der Waals surface area contributed by atoms with E-state index in [4.69, 9.17) is 4.74 Å². The maximum Gasteiger partial charge on any atom is 0.291 e. The van der Waals surface area contributed by atoms with Gasteiger partial charge in [0.25, 0.3) is 11.8 Å². The number of rotatable bonds is 4. The van der Waals surface area contributed by atoms with Crippen LogP contribution in [0.5, 0.6) is 5.75 Å². The van der Waals surface area contributed by atoms with Crippen LogP contribution < -0.4 is 15.0 Å². The van der Waals surface area contributed by atoms with Gasteiger partial charge < -0.3 is 15.0 Å². The Kier molecular flexibility index (Phi) is 4.98. The van der Waals surface area contributed by atoms with Gasteiger partial charge in [0.1, 0.15) is 24.7 Å². The maximum atomic E-state index is 13.1. The number of amides is 2.